The smallest absolute Gasteiger partial charge is 0.449 e. The van der Waals surface area contributed by atoms with Gasteiger partial charge >= 0.3 is 6.16 Å². The number of nitrogens with one attached hydrogen (secondary N) is 1. The van der Waals surface area contributed by atoms with E-state index >= 15 is 0 Å². The fourth-order valence-corrected chi connectivity index (χ4v) is 7.32. The Morgan fingerprint density at radius 2 is 1.84 bits per heavy atom. The van der Waals surface area contributed by atoms with Crippen molar-refractivity contribution in [3.8, 4) is 5.75 Å². The van der Waals surface area contributed by atoms with Crippen molar-refractivity contribution in [2.45, 2.75) is 29.6 Å². The fourth-order valence-electron chi connectivity index (χ4n) is 4.27. The van der Waals surface area contributed by atoms with Crippen molar-refractivity contribution in [1.29, 1.82) is 0 Å². The summed E-state index contributed by atoms with van der Waals surface area (Å²) in [4.78, 5) is 23.8. The molecule has 0 bridgehead atoms. The number of carbonyl (C=O) groups excluding carboxylic acids is 1. The molecule has 1 saturated heterocycles. The van der Waals surface area contributed by atoms with E-state index in [-0.39, 0.29) is 28.5 Å². The Balaban J connectivity index is 1.20. The number of hydrogen-bond acceptors (Lipinski definition) is 8. The standard InChI is InChI=1S/C24H22ClN5O6S2/c25-16-3-1-15(2-4-16)23(31)26-14-19-6-8-22(37-19)38(34,35)29-11-9-17(10-12-29)30-21-7-5-18(36-24(32)33)13-20(21)27-28-30/h1-8,13,17H,9-12,14H2,(H,26,31)(H,32,33). The molecule has 38 heavy (non-hydrogen) atoms. The van der Waals surface area contributed by atoms with E-state index in [4.69, 9.17) is 16.7 Å². The van der Waals surface area contributed by atoms with Crippen molar-refractivity contribution in [3.63, 3.8) is 0 Å². The van der Waals surface area contributed by atoms with Crippen LogP contribution >= 0.6 is 22.9 Å². The number of piperidine rings is 1. The number of hydrogen-bond donors (Lipinski definition) is 2. The first-order valence-corrected chi connectivity index (χ1v) is 14.2. The highest BCUT2D eigenvalue weighted by molar-refractivity contribution is 7.91. The van der Waals surface area contributed by atoms with Gasteiger partial charge in [-0.15, -0.1) is 16.4 Å². The molecule has 1 aliphatic heterocycles. The molecule has 2 aromatic heterocycles. The minimum absolute atomic E-state index is 0.0559. The molecule has 3 heterocycles. The molecule has 5 rings (SSSR count). The molecule has 1 fully saturated rings. The largest absolute Gasteiger partial charge is 0.511 e. The van der Waals surface area contributed by atoms with Crippen molar-refractivity contribution in [2.24, 2.45) is 0 Å². The van der Waals surface area contributed by atoms with Gasteiger partial charge in [0.25, 0.3) is 15.9 Å². The monoisotopic (exact) mass is 575 g/mol. The molecule has 11 nitrogen and oxygen atoms in total. The number of benzene rings is 2. The summed E-state index contributed by atoms with van der Waals surface area (Å²) in [5.41, 5.74) is 1.68. The molecule has 2 aromatic carbocycles. The van der Waals surface area contributed by atoms with Gasteiger partial charge in [-0.1, -0.05) is 16.8 Å². The number of carboxylic acid groups (broad SMARTS) is 1. The van der Waals surface area contributed by atoms with Gasteiger partial charge in [0.05, 0.1) is 18.1 Å². The number of ether oxygens (including phenoxy) is 1. The number of fused-ring (bicyclic) bond motifs is 1. The highest BCUT2D eigenvalue weighted by atomic mass is 35.5. The molecule has 0 aliphatic carbocycles. The Morgan fingerprint density at radius 1 is 1.11 bits per heavy atom. The first-order chi connectivity index (χ1) is 18.2. The van der Waals surface area contributed by atoms with Crippen molar-refractivity contribution < 1.29 is 27.9 Å². The summed E-state index contributed by atoms with van der Waals surface area (Å²) in [7, 11) is -3.68. The van der Waals surface area contributed by atoms with Gasteiger partial charge in [0.2, 0.25) is 0 Å². The first kappa shape index (κ1) is 26.1. The summed E-state index contributed by atoms with van der Waals surface area (Å²) in [5.74, 6) is -0.120. The van der Waals surface area contributed by atoms with E-state index in [0.29, 0.717) is 47.6 Å². The maximum atomic E-state index is 13.3. The average Bonchev–Trinajstić information content (AvgIpc) is 3.55. The zero-order valence-electron chi connectivity index (χ0n) is 19.8. The van der Waals surface area contributed by atoms with E-state index in [0.717, 1.165) is 16.2 Å². The first-order valence-electron chi connectivity index (χ1n) is 11.6. The normalized spacial score (nSPS) is 15.0. The van der Waals surface area contributed by atoms with Crippen LogP contribution in [0.2, 0.25) is 5.02 Å². The quantitative estimate of drug-likeness (QED) is 0.247. The van der Waals surface area contributed by atoms with Crippen LogP contribution in [0.25, 0.3) is 11.0 Å². The van der Waals surface area contributed by atoms with E-state index in [2.05, 4.69) is 20.4 Å². The summed E-state index contributed by atoms with van der Waals surface area (Å²) < 4.78 is 34.6. The summed E-state index contributed by atoms with van der Waals surface area (Å²) in [6.07, 6.45) is -0.327. The van der Waals surface area contributed by atoms with Gasteiger partial charge < -0.3 is 15.2 Å². The third-order valence-corrected chi connectivity index (χ3v) is 9.88. The van der Waals surface area contributed by atoms with Crippen LogP contribution in [-0.2, 0) is 16.6 Å². The van der Waals surface area contributed by atoms with Crippen molar-refractivity contribution in [1.82, 2.24) is 24.6 Å². The van der Waals surface area contributed by atoms with Gasteiger partial charge in [0.1, 0.15) is 15.5 Å². The van der Waals surface area contributed by atoms with Gasteiger partial charge in [-0.05, 0) is 61.4 Å². The summed E-state index contributed by atoms with van der Waals surface area (Å²) in [6.45, 7) is 0.840. The molecule has 1 aliphatic rings. The molecular weight excluding hydrogens is 554 g/mol. The lowest BCUT2D eigenvalue weighted by Gasteiger charge is -2.30. The van der Waals surface area contributed by atoms with Crippen LogP contribution in [0.15, 0.2) is 58.8 Å². The Kier molecular flexibility index (Phi) is 7.34. The highest BCUT2D eigenvalue weighted by Crippen LogP contribution is 2.31. The Hall–Kier alpha value is -3.52. The van der Waals surface area contributed by atoms with Crippen LogP contribution in [0, 0.1) is 0 Å². The van der Waals surface area contributed by atoms with Crippen LogP contribution in [0.4, 0.5) is 4.79 Å². The molecule has 0 unspecified atom stereocenters. The SMILES string of the molecule is O=C(O)Oc1ccc2c(c1)nnn2C1CCN(S(=O)(=O)c2ccc(CNC(=O)c3ccc(Cl)cc3)s2)CC1. The van der Waals surface area contributed by atoms with Crippen LogP contribution < -0.4 is 10.1 Å². The van der Waals surface area contributed by atoms with Gasteiger partial charge in [0, 0.05) is 34.6 Å². The second kappa shape index (κ2) is 10.7. The van der Waals surface area contributed by atoms with E-state index in [1.807, 2.05) is 0 Å². The number of carbonyl (C=O) groups is 2. The topological polar surface area (TPSA) is 144 Å². The molecular formula is C24H22ClN5O6S2. The number of aromatic nitrogens is 3. The Morgan fingerprint density at radius 3 is 2.55 bits per heavy atom. The Labute approximate surface area is 226 Å². The van der Waals surface area contributed by atoms with Crippen LogP contribution in [0.3, 0.4) is 0 Å². The third kappa shape index (κ3) is 5.50. The van der Waals surface area contributed by atoms with Crippen LogP contribution in [0.5, 0.6) is 5.75 Å². The van der Waals surface area contributed by atoms with E-state index in [1.54, 1.807) is 47.1 Å². The van der Waals surface area contributed by atoms with Gasteiger partial charge in [-0.25, -0.2) is 17.9 Å². The number of nitrogens with zero attached hydrogens (tertiary/aromatic N) is 4. The summed E-state index contributed by atoms with van der Waals surface area (Å²) in [5, 5.41) is 20.4. The highest BCUT2D eigenvalue weighted by Gasteiger charge is 2.32. The molecule has 1 amide bonds. The van der Waals surface area contributed by atoms with Crippen LogP contribution in [0.1, 0.15) is 34.1 Å². The molecule has 2 N–H and O–H groups in total. The second-order valence-corrected chi connectivity index (χ2v) is 12.4. The van der Waals surface area contributed by atoms with Gasteiger partial charge in [0.15, 0.2) is 0 Å². The molecule has 14 heteroatoms. The second-order valence-electron chi connectivity index (χ2n) is 8.60. The zero-order chi connectivity index (χ0) is 26.9. The molecule has 0 atom stereocenters. The minimum atomic E-state index is -3.68. The van der Waals surface area contributed by atoms with Crippen molar-refractivity contribution >= 4 is 56.1 Å². The lowest BCUT2D eigenvalue weighted by molar-refractivity contribution is 0.0951. The van der Waals surface area contributed by atoms with Gasteiger partial charge in [-0.3, -0.25) is 4.79 Å². The van der Waals surface area contributed by atoms with E-state index in [1.165, 1.54) is 16.4 Å². The van der Waals surface area contributed by atoms with Crippen LogP contribution in [-0.4, -0.2) is 58.0 Å². The van der Waals surface area contributed by atoms with Crippen molar-refractivity contribution in [2.75, 3.05) is 13.1 Å². The summed E-state index contributed by atoms with van der Waals surface area (Å²) >= 11 is 6.99. The predicted octanol–water partition coefficient (Wildman–Crippen LogP) is 4.16. The lowest BCUT2D eigenvalue weighted by Crippen LogP contribution is -2.38. The third-order valence-electron chi connectivity index (χ3n) is 6.18. The summed E-state index contributed by atoms with van der Waals surface area (Å²) in [6, 6.07) is 14.4. The number of rotatable bonds is 7. The number of thiophene rings is 1. The molecule has 0 radical (unpaired) electrons. The number of amides is 1. The zero-order valence-corrected chi connectivity index (χ0v) is 22.2. The number of sulfonamides is 1. The fraction of sp³-hybridized carbons (Fsp3) is 0.250. The van der Waals surface area contributed by atoms with Crippen molar-refractivity contribution in [3.05, 3.63) is 70.1 Å². The maximum Gasteiger partial charge on any atom is 0.511 e. The predicted molar refractivity (Wildman–Crippen MR) is 140 cm³/mol. The maximum absolute atomic E-state index is 13.3. The lowest BCUT2D eigenvalue weighted by atomic mass is 10.1. The van der Waals surface area contributed by atoms with E-state index in [9.17, 15) is 18.0 Å². The Bertz CT molecular complexity index is 1590. The van der Waals surface area contributed by atoms with E-state index < -0.39 is 16.2 Å². The molecule has 198 valence electrons. The van der Waals surface area contributed by atoms with Gasteiger partial charge in [-0.2, -0.15) is 4.31 Å². The molecule has 0 saturated carbocycles. The molecule has 0 spiro atoms. The minimum Gasteiger partial charge on any atom is -0.449 e. The number of halogens is 1. The average molecular weight is 576 g/mol. The molecule has 4 aromatic rings.